The molecular weight excluding hydrogens is 416 g/mol. The van der Waals surface area contributed by atoms with Gasteiger partial charge in [-0.3, -0.25) is 4.79 Å². The molecule has 0 aliphatic rings. The summed E-state index contributed by atoms with van der Waals surface area (Å²) in [5.41, 5.74) is 4.08. The monoisotopic (exact) mass is 432 g/mol. The Bertz CT molecular complexity index is 1100. The van der Waals surface area contributed by atoms with Gasteiger partial charge in [-0.15, -0.1) is 0 Å². The number of benzene rings is 2. The maximum atomic E-state index is 12.4. The SMILES string of the molecule is O=C(CSc1nc(-c2ccccc2)cc(-c2ccccc2)n1)Nc1cccnc1Cl. The molecule has 5 nitrogen and oxygen atoms in total. The zero-order valence-electron chi connectivity index (χ0n) is 15.8. The topological polar surface area (TPSA) is 67.8 Å². The molecule has 2 aromatic carbocycles. The van der Waals surface area contributed by atoms with E-state index in [1.54, 1.807) is 18.3 Å². The van der Waals surface area contributed by atoms with Gasteiger partial charge in [0.25, 0.3) is 0 Å². The third kappa shape index (κ3) is 5.03. The predicted molar refractivity (Wildman–Crippen MR) is 122 cm³/mol. The Balaban J connectivity index is 1.57. The first kappa shape index (κ1) is 20.1. The highest BCUT2D eigenvalue weighted by molar-refractivity contribution is 7.99. The third-order valence-electron chi connectivity index (χ3n) is 4.21. The highest BCUT2D eigenvalue weighted by Gasteiger charge is 2.12. The van der Waals surface area contributed by atoms with Crippen molar-refractivity contribution in [3.63, 3.8) is 0 Å². The van der Waals surface area contributed by atoms with E-state index in [1.165, 1.54) is 11.8 Å². The number of rotatable bonds is 6. The van der Waals surface area contributed by atoms with Crippen molar-refractivity contribution in [2.45, 2.75) is 5.16 Å². The van der Waals surface area contributed by atoms with Crippen LogP contribution in [-0.2, 0) is 4.79 Å². The van der Waals surface area contributed by atoms with Crippen molar-refractivity contribution in [3.8, 4) is 22.5 Å². The fourth-order valence-corrected chi connectivity index (χ4v) is 3.62. The van der Waals surface area contributed by atoms with Crippen molar-refractivity contribution in [1.29, 1.82) is 0 Å². The molecule has 7 heteroatoms. The van der Waals surface area contributed by atoms with Gasteiger partial charge in [0.2, 0.25) is 5.91 Å². The second kappa shape index (κ2) is 9.52. The molecule has 0 atom stereocenters. The van der Waals surface area contributed by atoms with Gasteiger partial charge in [0, 0.05) is 17.3 Å². The Hall–Kier alpha value is -3.22. The van der Waals surface area contributed by atoms with Crippen molar-refractivity contribution in [3.05, 3.63) is 90.2 Å². The minimum atomic E-state index is -0.204. The molecule has 0 unspecified atom stereocenters. The van der Waals surface area contributed by atoms with Crippen molar-refractivity contribution < 1.29 is 4.79 Å². The molecule has 2 aromatic heterocycles. The average molecular weight is 433 g/mol. The molecule has 1 amide bonds. The molecule has 2 heterocycles. The summed E-state index contributed by atoms with van der Waals surface area (Å²) in [6.07, 6.45) is 1.57. The van der Waals surface area contributed by atoms with Gasteiger partial charge < -0.3 is 5.32 Å². The molecule has 0 radical (unpaired) electrons. The van der Waals surface area contributed by atoms with Gasteiger partial charge in [-0.05, 0) is 18.2 Å². The molecule has 1 N–H and O–H groups in total. The number of halogens is 1. The quantitative estimate of drug-likeness (QED) is 0.244. The van der Waals surface area contributed by atoms with Crippen LogP contribution in [0.25, 0.3) is 22.5 Å². The van der Waals surface area contributed by atoms with Crippen molar-refractivity contribution in [1.82, 2.24) is 15.0 Å². The standard InChI is InChI=1S/C23H17ClN4OS/c24-22-18(12-7-13-25-22)26-21(29)15-30-23-27-19(16-8-3-1-4-9-16)14-20(28-23)17-10-5-2-6-11-17/h1-14H,15H2,(H,26,29). The molecule has 0 fully saturated rings. The molecule has 0 saturated carbocycles. The van der Waals surface area contributed by atoms with Crippen LogP contribution >= 0.6 is 23.4 Å². The highest BCUT2D eigenvalue weighted by Crippen LogP contribution is 2.27. The van der Waals surface area contributed by atoms with E-state index in [0.29, 0.717) is 10.8 Å². The fourth-order valence-electron chi connectivity index (χ4n) is 2.80. The van der Waals surface area contributed by atoms with E-state index in [0.717, 1.165) is 22.5 Å². The van der Waals surface area contributed by atoms with E-state index in [-0.39, 0.29) is 16.8 Å². The minimum absolute atomic E-state index is 0.150. The normalized spacial score (nSPS) is 10.6. The number of carbonyl (C=O) groups excluding carboxylic acids is 1. The van der Waals surface area contributed by atoms with E-state index in [4.69, 9.17) is 11.6 Å². The largest absolute Gasteiger partial charge is 0.323 e. The summed E-state index contributed by atoms with van der Waals surface area (Å²) >= 11 is 7.28. The van der Waals surface area contributed by atoms with Gasteiger partial charge in [0.1, 0.15) is 0 Å². The van der Waals surface area contributed by atoms with Crippen molar-refractivity contribution in [2.24, 2.45) is 0 Å². The minimum Gasteiger partial charge on any atom is -0.323 e. The summed E-state index contributed by atoms with van der Waals surface area (Å²) in [5, 5.41) is 3.55. The van der Waals surface area contributed by atoms with E-state index in [2.05, 4.69) is 20.3 Å². The molecule has 0 spiro atoms. The number of thioether (sulfide) groups is 1. The Labute approximate surface area is 183 Å². The van der Waals surface area contributed by atoms with Crippen LogP contribution in [0.15, 0.2) is 90.2 Å². The molecule has 4 rings (SSSR count). The number of hydrogen-bond acceptors (Lipinski definition) is 5. The third-order valence-corrected chi connectivity index (χ3v) is 5.36. The summed E-state index contributed by atoms with van der Waals surface area (Å²) in [4.78, 5) is 25.7. The summed E-state index contributed by atoms with van der Waals surface area (Å²) in [7, 11) is 0. The highest BCUT2D eigenvalue weighted by atomic mass is 35.5. The van der Waals surface area contributed by atoms with E-state index < -0.39 is 0 Å². The Kier molecular flexibility index (Phi) is 6.37. The van der Waals surface area contributed by atoms with E-state index in [1.807, 2.05) is 66.7 Å². The van der Waals surface area contributed by atoms with Crippen LogP contribution in [0.2, 0.25) is 5.15 Å². The molecule has 0 aliphatic carbocycles. The number of amides is 1. The number of pyridine rings is 1. The van der Waals surface area contributed by atoms with Crippen LogP contribution in [0.5, 0.6) is 0 Å². The Morgan fingerprint density at radius 1 is 0.867 bits per heavy atom. The molecular formula is C23H17ClN4OS. The number of nitrogens with zero attached hydrogens (tertiary/aromatic N) is 3. The van der Waals surface area contributed by atoms with E-state index in [9.17, 15) is 4.79 Å². The Morgan fingerprint density at radius 2 is 1.47 bits per heavy atom. The summed E-state index contributed by atoms with van der Waals surface area (Å²) in [6.45, 7) is 0. The zero-order valence-corrected chi connectivity index (χ0v) is 17.4. The lowest BCUT2D eigenvalue weighted by Crippen LogP contribution is -2.15. The number of aromatic nitrogens is 3. The van der Waals surface area contributed by atoms with Crippen LogP contribution in [-0.4, -0.2) is 26.6 Å². The maximum Gasteiger partial charge on any atom is 0.234 e. The molecule has 148 valence electrons. The first-order valence-corrected chi connectivity index (χ1v) is 10.6. The second-order valence-corrected chi connectivity index (χ2v) is 7.63. The lowest BCUT2D eigenvalue weighted by molar-refractivity contribution is -0.113. The van der Waals surface area contributed by atoms with Crippen molar-refractivity contribution in [2.75, 3.05) is 11.1 Å². The van der Waals surface area contributed by atoms with Crippen molar-refractivity contribution >= 4 is 35.0 Å². The summed E-state index contributed by atoms with van der Waals surface area (Å²) < 4.78 is 0. The van der Waals surface area contributed by atoms with Crippen LogP contribution in [0, 0.1) is 0 Å². The maximum absolute atomic E-state index is 12.4. The number of carbonyl (C=O) groups is 1. The lowest BCUT2D eigenvalue weighted by atomic mass is 10.1. The molecule has 0 saturated heterocycles. The molecule has 4 aromatic rings. The second-order valence-electron chi connectivity index (χ2n) is 6.33. The zero-order chi connectivity index (χ0) is 20.8. The van der Waals surface area contributed by atoms with Crippen LogP contribution in [0.4, 0.5) is 5.69 Å². The lowest BCUT2D eigenvalue weighted by Gasteiger charge is -2.09. The van der Waals surface area contributed by atoms with E-state index >= 15 is 0 Å². The average Bonchev–Trinajstić information content (AvgIpc) is 2.80. The number of nitrogens with one attached hydrogen (secondary N) is 1. The molecule has 30 heavy (non-hydrogen) atoms. The summed E-state index contributed by atoms with van der Waals surface area (Å²) in [5.74, 6) is -0.0533. The molecule has 0 aliphatic heterocycles. The number of anilines is 1. The van der Waals surface area contributed by atoms with Crippen LogP contribution in [0.3, 0.4) is 0 Å². The predicted octanol–water partition coefficient (Wildman–Crippen LogP) is 5.59. The van der Waals surface area contributed by atoms with Gasteiger partial charge in [-0.1, -0.05) is 84.0 Å². The number of hydrogen-bond donors (Lipinski definition) is 1. The smallest absolute Gasteiger partial charge is 0.234 e. The molecule has 0 bridgehead atoms. The van der Waals surface area contributed by atoms with Crippen LogP contribution < -0.4 is 5.32 Å². The fraction of sp³-hybridized carbons (Fsp3) is 0.0435. The Morgan fingerprint density at radius 3 is 2.03 bits per heavy atom. The van der Waals surface area contributed by atoms with Gasteiger partial charge in [0.15, 0.2) is 10.3 Å². The van der Waals surface area contributed by atoms with Crippen LogP contribution in [0.1, 0.15) is 0 Å². The first-order valence-electron chi connectivity index (χ1n) is 9.22. The summed E-state index contributed by atoms with van der Waals surface area (Å²) in [6, 6.07) is 25.2. The van der Waals surface area contributed by atoms with Gasteiger partial charge >= 0.3 is 0 Å². The van der Waals surface area contributed by atoms with Gasteiger partial charge in [-0.2, -0.15) is 0 Å². The van der Waals surface area contributed by atoms with Gasteiger partial charge in [-0.25, -0.2) is 15.0 Å². The van der Waals surface area contributed by atoms with Gasteiger partial charge in [0.05, 0.1) is 22.8 Å². The first-order chi connectivity index (χ1) is 14.7.